The molecule has 2 aromatic heterocycles. The number of aromatic nitrogens is 2. The van der Waals surface area contributed by atoms with E-state index in [9.17, 15) is 18.0 Å². The standard InChI is InChI=1S/C22H18ClF3N4O3/c1-30(18-9-33-8-17-10(18)2-3-19(28-17)22(24,25)26)21(31)12-4-11-13-6-32-7-14(13)20(27)29-16(11)5-15(12)23/h2-5,18H,6-9H2,1H3,(H2,27,29)/t18-/m1/s1. The van der Waals surface area contributed by atoms with Crippen molar-refractivity contribution in [3.8, 4) is 0 Å². The average molecular weight is 479 g/mol. The number of rotatable bonds is 2. The van der Waals surface area contributed by atoms with Crippen LogP contribution in [0.15, 0.2) is 24.3 Å². The fourth-order valence-corrected chi connectivity index (χ4v) is 4.49. The number of carbonyl (C=O) groups is 1. The van der Waals surface area contributed by atoms with E-state index in [4.69, 9.17) is 26.8 Å². The Bertz CT molecular complexity index is 1300. The number of nitrogens with zero attached hydrogens (tertiary/aromatic N) is 3. The molecular formula is C22H18ClF3N4O3. The van der Waals surface area contributed by atoms with Gasteiger partial charge in [-0.15, -0.1) is 0 Å². The zero-order valence-corrected chi connectivity index (χ0v) is 18.1. The zero-order valence-electron chi connectivity index (χ0n) is 17.4. The molecule has 0 unspecified atom stereocenters. The normalized spacial score (nSPS) is 17.7. The molecule has 11 heteroatoms. The Hall–Kier alpha value is -2.95. The van der Waals surface area contributed by atoms with Gasteiger partial charge < -0.3 is 20.1 Å². The molecule has 7 nitrogen and oxygen atoms in total. The van der Waals surface area contributed by atoms with Crippen molar-refractivity contribution < 1.29 is 27.4 Å². The molecular weight excluding hydrogens is 461 g/mol. The first-order valence-electron chi connectivity index (χ1n) is 10.0. The van der Waals surface area contributed by atoms with Gasteiger partial charge in [0.25, 0.3) is 5.91 Å². The Morgan fingerprint density at radius 1 is 1.15 bits per heavy atom. The summed E-state index contributed by atoms with van der Waals surface area (Å²) in [6.45, 7) is 0.752. The van der Waals surface area contributed by atoms with Crippen LogP contribution < -0.4 is 5.73 Å². The monoisotopic (exact) mass is 478 g/mol. The highest BCUT2D eigenvalue weighted by molar-refractivity contribution is 6.34. The number of carbonyl (C=O) groups excluding carboxylic acids is 1. The van der Waals surface area contributed by atoms with E-state index in [1.54, 1.807) is 19.2 Å². The van der Waals surface area contributed by atoms with Gasteiger partial charge in [-0.25, -0.2) is 9.97 Å². The molecule has 1 aromatic carbocycles. The van der Waals surface area contributed by atoms with Crippen molar-refractivity contribution in [1.82, 2.24) is 14.9 Å². The minimum Gasteiger partial charge on any atom is -0.383 e. The van der Waals surface area contributed by atoms with E-state index in [0.717, 1.165) is 22.6 Å². The van der Waals surface area contributed by atoms with Gasteiger partial charge in [0.05, 0.1) is 54.3 Å². The van der Waals surface area contributed by atoms with Crippen LogP contribution in [0.1, 0.15) is 44.5 Å². The lowest BCUT2D eigenvalue weighted by Crippen LogP contribution is -2.37. The lowest BCUT2D eigenvalue weighted by Gasteiger charge is -2.33. The van der Waals surface area contributed by atoms with Gasteiger partial charge in [0, 0.05) is 23.6 Å². The number of hydrogen-bond donors (Lipinski definition) is 1. The first-order valence-corrected chi connectivity index (χ1v) is 10.4. The van der Waals surface area contributed by atoms with Crippen LogP contribution in [0.4, 0.5) is 19.0 Å². The Morgan fingerprint density at radius 2 is 1.91 bits per heavy atom. The van der Waals surface area contributed by atoms with E-state index in [0.29, 0.717) is 30.1 Å². The zero-order chi connectivity index (χ0) is 23.5. The molecule has 172 valence electrons. The number of alkyl halides is 3. The van der Waals surface area contributed by atoms with Gasteiger partial charge in [-0.2, -0.15) is 13.2 Å². The number of halogens is 4. The number of nitrogens with two attached hydrogens (primary N) is 1. The summed E-state index contributed by atoms with van der Waals surface area (Å²) in [5.41, 5.74) is 8.11. The largest absolute Gasteiger partial charge is 0.433 e. The van der Waals surface area contributed by atoms with Crippen LogP contribution in [0.5, 0.6) is 0 Å². The summed E-state index contributed by atoms with van der Waals surface area (Å²) in [4.78, 5) is 22.9. The lowest BCUT2D eigenvalue weighted by molar-refractivity contribution is -0.141. The van der Waals surface area contributed by atoms with E-state index in [1.165, 1.54) is 11.0 Å². The van der Waals surface area contributed by atoms with Gasteiger partial charge in [0.15, 0.2) is 0 Å². The predicted molar refractivity (Wildman–Crippen MR) is 113 cm³/mol. The molecule has 0 bridgehead atoms. The Balaban J connectivity index is 1.52. The van der Waals surface area contributed by atoms with Gasteiger partial charge in [0.2, 0.25) is 0 Å². The van der Waals surface area contributed by atoms with E-state index in [-0.39, 0.29) is 29.5 Å². The molecule has 0 saturated heterocycles. The van der Waals surface area contributed by atoms with E-state index in [2.05, 4.69) is 9.97 Å². The molecule has 33 heavy (non-hydrogen) atoms. The van der Waals surface area contributed by atoms with Crippen LogP contribution in [0, 0.1) is 0 Å². The molecule has 2 N–H and O–H groups in total. The summed E-state index contributed by atoms with van der Waals surface area (Å²) in [5.74, 6) is -0.0447. The van der Waals surface area contributed by atoms with Crippen LogP contribution in [0.3, 0.4) is 0 Å². The maximum Gasteiger partial charge on any atom is 0.433 e. The second-order valence-electron chi connectivity index (χ2n) is 7.97. The molecule has 2 aliphatic heterocycles. The van der Waals surface area contributed by atoms with Crippen molar-refractivity contribution in [2.24, 2.45) is 0 Å². The number of anilines is 1. The van der Waals surface area contributed by atoms with Crippen molar-refractivity contribution in [3.63, 3.8) is 0 Å². The molecule has 1 atom stereocenters. The molecule has 0 saturated carbocycles. The second-order valence-corrected chi connectivity index (χ2v) is 8.38. The van der Waals surface area contributed by atoms with Crippen molar-refractivity contribution in [3.05, 3.63) is 62.9 Å². The van der Waals surface area contributed by atoms with E-state index >= 15 is 0 Å². The summed E-state index contributed by atoms with van der Waals surface area (Å²) < 4.78 is 50.1. The Kier molecular flexibility index (Phi) is 5.19. The summed E-state index contributed by atoms with van der Waals surface area (Å²) >= 11 is 6.43. The Morgan fingerprint density at radius 3 is 2.67 bits per heavy atom. The molecule has 0 radical (unpaired) electrons. The predicted octanol–water partition coefficient (Wildman–Crippen LogP) is 4.26. The lowest BCUT2D eigenvalue weighted by atomic mass is 9.99. The quantitative estimate of drug-likeness (QED) is 0.592. The third-order valence-electron chi connectivity index (χ3n) is 6.01. The van der Waals surface area contributed by atoms with Crippen molar-refractivity contribution in [2.75, 3.05) is 19.4 Å². The smallest absolute Gasteiger partial charge is 0.383 e. The highest BCUT2D eigenvalue weighted by Crippen LogP contribution is 2.36. The van der Waals surface area contributed by atoms with Crippen molar-refractivity contribution >= 4 is 34.2 Å². The number of likely N-dealkylation sites (N-methyl/N-ethyl adjacent to an activating group) is 1. The van der Waals surface area contributed by atoms with Crippen LogP contribution in [-0.4, -0.2) is 34.4 Å². The first kappa shape index (κ1) is 21.9. The van der Waals surface area contributed by atoms with Gasteiger partial charge in [-0.1, -0.05) is 17.7 Å². The molecule has 1 amide bonds. The molecule has 0 fully saturated rings. The first-order chi connectivity index (χ1) is 15.6. The van der Waals surface area contributed by atoms with E-state index < -0.39 is 23.8 Å². The molecule has 5 rings (SSSR count). The van der Waals surface area contributed by atoms with Gasteiger partial charge in [-0.3, -0.25) is 4.79 Å². The van der Waals surface area contributed by atoms with Crippen LogP contribution >= 0.6 is 11.6 Å². The second kappa shape index (κ2) is 7.82. The topological polar surface area (TPSA) is 90.6 Å². The minimum atomic E-state index is -4.57. The van der Waals surface area contributed by atoms with Crippen LogP contribution in [0.25, 0.3) is 10.9 Å². The summed E-state index contributed by atoms with van der Waals surface area (Å²) in [6, 6.07) is 4.88. The van der Waals surface area contributed by atoms with E-state index in [1.807, 2.05) is 0 Å². The van der Waals surface area contributed by atoms with Crippen LogP contribution in [0.2, 0.25) is 5.02 Å². The van der Waals surface area contributed by atoms with Gasteiger partial charge >= 0.3 is 6.18 Å². The number of benzene rings is 1. The fraction of sp³-hybridized carbons (Fsp3) is 0.318. The number of pyridine rings is 2. The Labute approximate surface area is 191 Å². The third kappa shape index (κ3) is 3.68. The molecule has 4 heterocycles. The number of nitrogen functional groups attached to an aromatic ring is 1. The van der Waals surface area contributed by atoms with Crippen molar-refractivity contribution in [1.29, 1.82) is 0 Å². The van der Waals surface area contributed by atoms with Crippen molar-refractivity contribution in [2.45, 2.75) is 32.0 Å². The SMILES string of the molecule is CN(C(=O)c1cc2c3c(c(N)nc2cc1Cl)COC3)[C@@H]1COCc2nc(C(F)(F)F)ccc21. The number of amides is 1. The highest BCUT2D eigenvalue weighted by atomic mass is 35.5. The molecule has 0 spiro atoms. The molecule has 0 aliphatic carbocycles. The van der Waals surface area contributed by atoms with Gasteiger partial charge in [-0.05, 0) is 23.8 Å². The molecule has 3 aromatic rings. The summed E-state index contributed by atoms with van der Waals surface area (Å²) in [6.07, 6.45) is -4.57. The highest BCUT2D eigenvalue weighted by Gasteiger charge is 2.36. The minimum absolute atomic E-state index is 0.0618. The summed E-state index contributed by atoms with van der Waals surface area (Å²) in [7, 11) is 1.55. The summed E-state index contributed by atoms with van der Waals surface area (Å²) in [5, 5.41) is 0.905. The van der Waals surface area contributed by atoms with Gasteiger partial charge in [0.1, 0.15) is 11.5 Å². The number of fused-ring (bicyclic) bond motifs is 4. The van der Waals surface area contributed by atoms with Crippen LogP contribution in [-0.2, 0) is 35.5 Å². The average Bonchev–Trinajstić information content (AvgIpc) is 3.27. The third-order valence-corrected chi connectivity index (χ3v) is 6.32. The maximum absolute atomic E-state index is 13.4. The maximum atomic E-state index is 13.4. The fourth-order valence-electron chi connectivity index (χ4n) is 4.25. The molecule has 2 aliphatic rings. The number of ether oxygens (including phenoxy) is 2. The number of hydrogen-bond acceptors (Lipinski definition) is 6.